The molecule has 0 spiro atoms. The first-order valence-corrected chi connectivity index (χ1v) is 18.1. The summed E-state index contributed by atoms with van der Waals surface area (Å²) in [6.45, 7) is 13.1. The highest BCUT2D eigenvalue weighted by Crippen LogP contribution is 2.41. The van der Waals surface area contributed by atoms with Crippen molar-refractivity contribution in [1.82, 2.24) is 20.2 Å². The Morgan fingerprint density at radius 1 is 1.09 bits per heavy atom. The molecular weight excluding hydrogens is 643 g/mol. The molecule has 234 valence electrons. The van der Waals surface area contributed by atoms with Crippen molar-refractivity contribution in [3.63, 3.8) is 0 Å². The summed E-state index contributed by atoms with van der Waals surface area (Å²) in [5.41, 5.74) is 2.83. The molecule has 5 rings (SSSR count). The number of nitrogens with zero attached hydrogens (tertiary/aromatic N) is 4. The van der Waals surface area contributed by atoms with E-state index in [1.54, 1.807) is 26.6 Å². The van der Waals surface area contributed by atoms with Gasteiger partial charge in [0.2, 0.25) is 11.9 Å². The molecular formula is C31H40BrN8O3P. The fraction of sp³-hybridized carbons (Fsp3) is 0.387. The maximum Gasteiger partial charge on any atom is 0.247 e. The van der Waals surface area contributed by atoms with Crippen LogP contribution < -0.4 is 36.2 Å². The lowest BCUT2D eigenvalue weighted by Crippen LogP contribution is -2.52. The van der Waals surface area contributed by atoms with Crippen LogP contribution in [0.2, 0.25) is 0 Å². The number of benzene rings is 2. The smallest absolute Gasteiger partial charge is 0.247 e. The van der Waals surface area contributed by atoms with E-state index in [1.165, 1.54) is 6.08 Å². The normalized spacial score (nSPS) is 16.3. The Bertz CT molecular complexity index is 1550. The van der Waals surface area contributed by atoms with Gasteiger partial charge in [-0.05, 0) is 66.4 Å². The Labute approximate surface area is 267 Å². The van der Waals surface area contributed by atoms with Crippen LogP contribution in [0.15, 0.2) is 59.7 Å². The van der Waals surface area contributed by atoms with Crippen LogP contribution in [0.25, 0.3) is 0 Å². The van der Waals surface area contributed by atoms with Crippen molar-refractivity contribution in [1.29, 1.82) is 0 Å². The number of hydrogen-bond acceptors (Lipinski definition) is 10. The van der Waals surface area contributed by atoms with Gasteiger partial charge in [0.25, 0.3) is 0 Å². The second kappa shape index (κ2) is 14.1. The van der Waals surface area contributed by atoms with Crippen LogP contribution >= 0.6 is 23.1 Å². The Hall–Kier alpha value is -3.44. The van der Waals surface area contributed by atoms with E-state index < -0.39 is 7.14 Å². The number of halogens is 1. The van der Waals surface area contributed by atoms with Gasteiger partial charge in [0.05, 0.1) is 34.3 Å². The number of amides is 1. The number of anilines is 6. The largest absolute Gasteiger partial charge is 0.494 e. The SMILES string of the molecule is C=CC(=O)Nc1cc(Nc2ncc(Br)c(Nc3ccccc3P(C)(C)=O)n2)c(OC)cc1N1CCC(N2CCNCC2)CC1. The van der Waals surface area contributed by atoms with Crippen molar-refractivity contribution in [3.8, 4) is 5.75 Å². The Morgan fingerprint density at radius 2 is 1.82 bits per heavy atom. The van der Waals surface area contributed by atoms with Crippen molar-refractivity contribution in [2.75, 3.05) is 80.6 Å². The van der Waals surface area contributed by atoms with Crippen molar-refractivity contribution in [2.45, 2.75) is 18.9 Å². The van der Waals surface area contributed by atoms with Crippen molar-refractivity contribution in [2.24, 2.45) is 0 Å². The van der Waals surface area contributed by atoms with E-state index >= 15 is 0 Å². The Morgan fingerprint density at radius 3 is 2.50 bits per heavy atom. The number of hydrogen-bond donors (Lipinski definition) is 4. The van der Waals surface area contributed by atoms with Gasteiger partial charge in [0, 0.05) is 62.9 Å². The molecule has 0 atom stereocenters. The number of nitrogens with one attached hydrogen (secondary N) is 4. The molecule has 13 heteroatoms. The lowest BCUT2D eigenvalue weighted by atomic mass is 10.0. The lowest BCUT2D eigenvalue weighted by molar-refractivity contribution is -0.111. The molecule has 0 radical (unpaired) electrons. The molecule has 2 aliphatic rings. The highest BCUT2D eigenvalue weighted by atomic mass is 79.9. The second-order valence-corrected chi connectivity index (χ2v) is 15.3. The van der Waals surface area contributed by atoms with E-state index in [9.17, 15) is 9.36 Å². The number of aromatic nitrogens is 2. The summed E-state index contributed by atoms with van der Waals surface area (Å²) in [4.78, 5) is 26.5. The van der Waals surface area contributed by atoms with Gasteiger partial charge >= 0.3 is 0 Å². The van der Waals surface area contributed by atoms with E-state index in [0.29, 0.717) is 45.1 Å². The molecule has 0 bridgehead atoms. The predicted molar refractivity (Wildman–Crippen MR) is 183 cm³/mol. The number of ether oxygens (including phenoxy) is 1. The van der Waals surface area contributed by atoms with Gasteiger partial charge in [-0.2, -0.15) is 4.98 Å². The van der Waals surface area contributed by atoms with Gasteiger partial charge < -0.3 is 35.5 Å². The zero-order valence-electron chi connectivity index (χ0n) is 25.4. The molecule has 2 saturated heterocycles. The van der Waals surface area contributed by atoms with Gasteiger partial charge in [-0.3, -0.25) is 9.69 Å². The second-order valence-electron chi connectivity index (χ2n) is 11.3. The van der Waals surface area contributed by atoms with Gasteiger partial charge in [0.1, 0.15) is 18.7 Å². The molecule has 2 fully saturated rings. The highest BCUT2D eigenvalue weighted by Gasteiger charge is 2.28. The van der Waals surface area contributed by atoms with Crippen molar-refractivity contribution >= 4 is 68.8 Å². The first-order valence-electron chi connectivity index (χ1n) is 14.7. The summed E-state index contributed by atoms with van der Waals surface area (Å²) in [5.74, 6) is 1.11. The van der Waals surface area contributed by atoms with Crippen LogP contribution in [0.4, 0.5) is 34.5 Å². The quantitative estimate of drug-likeness (QED) is 0.172. The standard InChI is InChI=1S/C31H40BrN8O3P/c1-5-29(41)35-24-18-25(27(43-2)19-26(24)40-14-10-21(11-15-40)39-16-12-33-13-17-39)37-31-34-20-22(32)30(38-31)36-23-8-6-7-9-28(23)44(3,4)42/h5-9,18-21,33H,1,10-17H2,2-4H3,(H,35,41)(H2,34,36,37,38). The number of para-hydroxylation sites is 1. The van der Waals surface area contributed by atoms with Crippen molar-refractivity contribution in [3.05, 3.63) is 59.7 Å². The third kappa shape index (κ3) is 7.61. The molecule has 11 nitrogen and oxygen atoms in total. The maximum atomic E-state index is 12.9. The molecule has 2 aromatic carbocycles. The number of piperazine rings is 1. The van der Waals surface area contributed by atoms with E-state index in [-0.39, 0.29) is 5.91 Å². The summed E-state index contributed by atoms with van der Waals surface area (Å²) < 4.78 is 19.3. The number of rotatable bonds is 10. The minimum absolute atomic E-state index is 0.299. The molecule has 4 N–H and O–H groups in total. The Kier molecular flexibility index (Phi) is 10.3. The third-order valence-electron chi connectivity index (χ3n) is 7.96. The third-order valence-corrected chi connectivity index (χ3v) is 10.1. The number of piperidine rings is 1. The minimum atomic E-state index is -2.54. The highest BCUT2D eigenvalue weighted by molar-refractivity contribution is 9.10. The van der Waals surface area contributed by atoms with Gasteiger partial charge in [0.15, 0.2) is 0 Å². The molecule has 3 aromatic rings. The molecule has 1 amide bonds. The van der Waals surface area contributed by atoms with E-state index in [4.69, 9.17) is 4.74 Å². The molecule has 44 heavy (non-hydrogen) atoms. The first-order chi connectivity index (χ1) is 21.2. The van der Waals surface area contributed by atoms with E-state index in [2.05, 4.69) is 63.5 Å². The van der Waals surface area contributed by atoms with Crippen molar-refractivity contribution < 1.29 is 14.1 Å². The van der Waals surface area contributed by atoms with E-state index in [0.717, 1.165) is 63.1 Å². The molecule has 3 heterocycles. The Balaban J connectivity index is 1.41. The number of methoxy groups -OCH3 is 1. The number of carbonyl (C=O) groups is 1. The fourth-order valence-corrected chi connectivity index (χ4v) is 7.16. The van der Waals surface area contributed by atoms with Crippen LogP contribution in [0.3, 0.4) is 0 Å². The van der Waals surface area contributed by atoms with Gasteiger partial charge in [-0.1, -0.05) is 18.7 Å². The zero-order valence-corrected chi connectivity index (χ0v) is 27.9. The van der Waals surface area contributed by atoms with Gasteiger partial charge in [-0.15, -0.1) is 0 Å². The molecule has 0 unspecified atom stereocenters. The summed E-state index contributed by atoms with van der Waals surface area (Å²) >= 11 is 3.53. The predicted octanol–water partition coefficient (Wildman–Crippen LogP) is 4.98. The summed E-state index contributed by atoms with van der Waals surface area (Å²) in [5, 5.41) is 13.7. The van der Waals surface area contributed by atoms with Crippen LogP contribution in [0, 0.1) is 0 Å². The fourth-order valence-electron chi connectivity index (χ4n) is 5.71. The molecule has 1 aromatic heterocycles. The van der Waals surface area contributed by atoms with Crippen LogP contribution in [-0.4, -0.2) is 86.5 Å². The molecule has 0 aliphatic carbocycles. The van der Waals surface area contributed by atoms with Crippen LogP contribution in [-0.2, 0) is 9.36 Å². The lowest BCUT2D eigenvalue weighted by Gasteiger charge is -2.41. The summed E-state index contributed by atoms with van der Waals surface area (Å²) in [7, 11) is -0.922. The first kappa shape index (κ1) is 32.0. The summed E-state index contributed by atoms with van der Waals surface area (Å²) in [6.07, 6.45) is 5.00. The zero-order chi connectivity index (χ0) is 31.3. The molecule has 0 saturated carbocycles. The number of carbonyl (C=O) groups excluding carboxylic acids is 1. The average molecular weight is 684 g/mol. The van der Waals surface area contributed by atoms with Gasteiger partial charge in [-0.25, -0.2) is 4.98 Å². The minimum Gasteiger partial charge on any atom is -0.494 e. The van der Waals surface area contributed by atoms with E-state index in [1.807, 2.05) is 36.4 Å². The van der Waals surface area contributed by atoms with Crippen LogP contribution in [0.5, 0.6) is 5.75 Å². The average Bonchev–Trinajstić information content (AvgIpc) is 3.03. The van der Waals surface area contributed by atoms with Crippen LogP contribution in [0.1, 0.15) is 12.8 Å². The monoisotopic (exact) mass is 682 g/mol. The topological polar surface area (TPSA) is 124 Å². The molecule has 2 aliphatic heterocycles. The maximum absolute atomic E-state index is 12.9. The summed E-state index contributed by atoms with van der Waals surface area (Å²) in [6, 6.07) is 11.8.